The molecule has 1 aliphatic heterocycles. The van der Waals surface area contributed by atoms with E-state index in [0.29, 0.717) is 5.92 Å². The van der Waals surface area contributed by atoms with E-state index >= 15 is 0 Å². The summed E-state index contributed by atoms with van der Waals surface area (Å²) >= 11 is 0. The first-order valence-electron chi connectivity index (χ1n) is 8.24. The Hall–Kier alpha value is -1.44. The Labute approximate surface area is 129 Å². The molecule has 0 aromatic heterocycles. The lowest BCUT2D eigenvalue weighted by Crippen LogP contribution is -2.42. The fraction of sp³-hybridized carbons (Fsp3) is 0.579. The van der Waals surface area contributed by atoms with Gasteiger partial charge >= 0.3 is 0 Å². The lowest BCUT2D eigenvalue weighted by atomic mass is 9.66. The van der Waals surface area contributed by atoms with Crippen LogP contribution in [0.1, 0.15) is 45.6 Å². The Morgan fingerprint density at radius 2 is 2.10 bits per heavy atom. The monoisotopic (exact) mass is 287 g/mol. The molecule has 0 bridgehead atoms. The molecule has 2 rings (SSSR count). The summed E-state index contributed by atoms with van der Waals surface area (Å²) in [7, 11) is 1.74. The number of hydrogen-bond donors (Lipinski definition) is 0. The van der Waals surface area contributed by atoms with Crippen molar-refractivity contribution >= 4 is 0 Å². The Morgan fingerprint density at radius 3 is 2.71 bits per heavy atom. The van der Waals surface area contributed by atoms with Crippen LogP contribution in [-0.4, -0.2) is 25.1 Å². The number of nitrogens with zero attached hydrogens (tertiary/aromatic N) is 1. The molecule has 1 aliphatic rings. The van der Waals surface area contributed by atoms with Crippen LogP contribution in [0.25, 0.3) is 0 Å². The highest BCUT2D eigenvalue weighted by Gasteiger charge is 2.38. The summed E-state index contributed by atoms with van der Waals surface area (Å²) in [6.45, 7) is 9.21. The quantitative estimate of drug-likeness (QED) is 0.757. The molecule has 0 fully saturated rings. The van der Waals surface area contributed by atoms with Gasteiger partial charge in [0.2, 0.25) is 0 Å². The molecule has 1 heterocycles. The van der Waals surface area contributed by atoms with Gasteiger partial charge in [-0.3, -0.25) is 0 Å². The molecule has 2 heteroatoms. The van der Waals surface area contributed by atoms with Gasteiger partial charge < -0.3 is 9.64 Å². The van der Waals surface area contributed by atoms with Crippen molar-refractivity contribution in [1.29, 1.82) is 0 Å². The third-order valence-corrected chi connectivity index (χ3v) is 4.75. The Kier molecular flexibility index (Phi) is 5.33. The second-order valence-corrected chi connectivity index (χ2v) is 6.23. The van der Waals surface area contributed by atoms with Gasteiger partial charge in [0.1, 0.15) is 5.75 Å². The first-order valence-corrected chi connectivity index (χ1v) is 8.24. The number of benzene rings is 1. The largest absolute Gasteiger partial charge is 0.497 e. The highest BCUT2D eigenvalue weighted by molar-refractivity contribution is 5.39. The summed E-state index contributed by atoms with van der Waals surface area (Å²) in [5, 5.41) is 0. The van der Waals surface area contributed by atoms with Crippen molar-refractivity contribution in [1.82, 2.24) is 4.90 Å². The molecule has 1 aromatic rings. The molecule has 0 spiro atoms. The van der Waals surface area contributed by atoms with Crippen molar-refractivity contribution in [2.75, 3.05) is 20.2 Å². The molecule has 0 saturated heterocycles. The van der Waals surface area contributed by atoms with Crippen LogP contribution >= 0.6 is 0 Å². The second-order valence-electron chi connectivity index (χ2n) is 6.23. The van der Waals surface area contributed by atoms with Gasteiger partial charge in [-0.1, -0.05) is 45.4 Å². The molecular weight excluding hydrogens is 258 g/mol. The Bertz CT molecular complexity index is 482. The second kappa shape index (κ2) is 7.02. The molecule has 0 amide bonds. The van der Waals surface area contributed by atoms with Crippen LogP contribution in [0.3, 0.4) is 0 Å². The van der Waals surface area contributed by atoms with Crippen LogP contribution in [-0.2, 0) is 5.41 Å². The van der Waals surface area contributed by atoms with Crippen LogP contribution in [0.5, 0.6) is 5.75 Å². The standard InChI is InChI=1S/C19H29NO/c1-5-10-19(17-8-7-9-18(14-17)21-4)11-13-20(12-6-2)15-16(19)3/h7-9,11,13-14,16H,5-6,10,12,15H2,1-4H3. The molecule has 2 atom stereocenters. The van der Waals surface area contributed by atoms with Crippen LogP contribution in [0.2, 0.25) is 0 Å². The van der Waals surface area contributed by atoms with Crippen molar-refractivity contribution in [2.24, 2.45) is 5.92 Å². The summed E-state index contributed by atoms with van der Waals surface area (Å²) in [5.74, 6) is 1.57. The molecule has 2 unspecified atom stereocenters. The highest BCUT2D eigenvalue weighted by atomic mass is 16.5. The van der Waals surface area contributed by atoms with Crippen molar-refractivity contribution < 1.29 is 4.74 Å². The number of rotatable bonds is 6. The molecule has 21 heavy (non-hydrogen) atoms. The molecule has 0 radical (unpaired) electrons. The smallest absolute Gasteiger partial charge is 0.119 e. The topological polar surface area (TPSA) is 12.5 Å². The highest BCUT2D eigenvalue weighted by Crippen LogP contribution is 2.42. The van der Waals surface area contributed by atoms with Gasteiger partial charge in [0.25, 0.3) is 0 Å². The zero-order chi connectivity index (χ0) is 15.3. The van der Waals surface area contributed by atoms with Gasteiger partial charge in [0, 0.05) is 18.5 Å². The predicted molar refractivity (Wildman–Crippen MR) is 89.7 cm³/mol. The van der Waals surface area contributed by atoms with Gasteiger partial charge in [-0.25, -0.2) is 0 Å². The maximum Gasteiger partial charge on any atom is 0.119 e. The first-order chi connectivity index (χ1) is 10.2. The maximum absolute atomic E-state index is 5.43. The summed E-state index contributed by atoms with van der Waals surface area (Å²) in [6, 6.07) is 8.62. The van der Waals surface area contributed by atoms with E-state index in [0.717, 1.165) is 18.8 Å². The van der Waals surface area contributed by atoms with E-state index in [1.54, 1.807) is 7.11 Å². The fourth-order valence-electron chi connectivity index (χ4n) is 3.61. The maximum atomic E-state index is 5.43. The molecule has 0 saturated carbocycles. The minimum Gasteiger partial charge on any atom is -0.497 e. The molecule has 0 N–H and O–H groups in total. The SMILES string of the molecule is CCCN1C=CC(CCC)(c2cccc(OC)c2)C(C)C1. The van der Waals surface area contributed by atoms with E-state index in [-0.39, 0.29) is 5.41 Å². The zero-order valence-corrected chi connectivity index (χ0v) is 13.9. The van der Waals surface area contributed by atoms with Crippen LogP contribution in [0, 0.1) is 5.92 Å². The lowest BCUT2D eigenvalue weighted by molar-refractivity contribution is 0.213. The fourth-order valence-corrected chi connectivity index (χ4v) is 3.61. The average Bonchev–Trinajstić information content (AvgIpc) is 2.50. The number of methoxy groups -OCH3 is 1. The molecule has 2 nitrogen and oxygen atoms in total. The number of ether oxygens (including phenoxy) is 1. The summed E-state index contributed by atoms with van der Waals surface area (Å²) < 4.78 is 5.43. The van der Waals surface area contributed by atoms with E-state index in [4.69, 9.17) is 4.74 Å². The molecule has 116 valence electrons. The molecule has 1 aromatic carbocycles. The van der Waals surface area contributed by atoms with Gasteiger partial charge in [0.15, 0.2) is 0 Å². The molecular formula is C19H29NO. The summed E-state index contributed by atoms with van der Waals surface area (Å²) in [4.78, 5) is 2.46. The minimum atomic E-state index is 0.146. The van der Waals surface area contributed by atoms with Crippen molar-refractivity contribution in [2.45, 2.75) is 45.4 Å². The van der Waals surface area contributed by atoms with Crippen molar-refractivity contribution in [3.8, 4) is 5.75 Å². The lowest BCUT2D eigenvalue weighted by Gasteiger charge is -2.43. The Morgan fingerprint density at radius 1 is 1.29 bits per heavy atom. The molecule has 0 aliphatic carbocycles. The first kappa shape index (κ1) is 15.9. The van der Waals surface area contributed by atoms with E-state index in [1.165, 1.54) is 24.8 Å². The van der Waals surface area contributed by atoms with E-state index in [1.807, 2.05) is 6.07 Å². The average molecular weight is 287 g/mol. The number of allylic oxidation sites excluding steroid dienone is 1. The van der Waals surface area contributed by atoms with Gasteiger partial charge in [0.05, 0.1) is 7.11 Å². The normalized spacial score (nSPS) is 25.1. The Balaban J connectivity index is 2.38. The van der Waals surface area contributed by atoms with E-state index < -0.39 is 0 Å². The van der Waals surface area contributed by atoms with Gasteiger partial charge in [-0.2, -0.15) is 0 Å². The third-order valence-electron chi connectivity index (χ3n) is 4.75. The van der Waals surface area contributed by atoms with Gasteiger partial charge in [-0.15, -0.1) is 0 Å². The van der Waals surface area contributed by atoms with Crippen molar-refractivity contribution in [3.63, 3.8) is 0 Å². The van der Waals surface area contributed by atoms with Crippen LogP contribution in [0.4, 0.5) is 0 Å². The van der Waals surface area contributed by atoms with Gasteiger partial charge in [-0.05, 0) is 42.7 Å². The van der Waals surface area contributed by atoms with Crippen LogP contribution < -0.4 is 4.74 Å². The predicted octanol–water partition coefficient (Wildman–Crippen LogP) is 4.61. The summed E-state index contributed by atoms with van der Waals surface area (Å²) in [6.07, 6.45) is 8.35. The third kappa shape index (κ3) is 3.25. The number of hydrogen-bond acceptors (Lipinski definition) is 2. The van der Waals surface area contributed by atoms with E-state index in [2.05, 4.69) is 56.1 Å². The minimum absolute atomic E-state index is 0.146. The van der Waals surface area contributed by atoms with Crippen LogP contribution in [0.15, 0.2) is 36.5 Å². The van der Waals surface area contributed by atoms with Crippen molar-refractivity contribution in [3.05, 3.63) is 42.1 Å². The zero-order valence-electron chi connectivity index (χ0n) is 13.9. The summed E-state index contributed by atoms with van der Waals surface area (Å²) in [5.41, 5.74) is 1.54. The van der Waals surface area contributed by atoms with E-state index in [9.17, 15) is 0 Å².